The van der Waals surface area contributed by atoms with Crippen LogP contribution in [0.15, 0.2) is 0 Å². The van der Waals surface area contributed by atoms with Crippen LogP contribution in [-0.4, -0.2) is 47.9 Å². The van der Waals surface area contributed by atoms with Gasteiger partial charge >= 0.3 is 0 Å². The first-order valence-electron chi connectivity index (χ1n) is 5.75. The molecule has 0 aromatic carbocycles. The zero-order chi connectivity index (χ0) is 12.7. The molecule has 1 rings (SSSR count). The van der Waals surface area contributed by atoms with Crippen LogP contribution in [0.1, 0.15) is 12.8 Å². The SMILES string of the molecule is NCCSCC(=O)N1CCC(C(=O)NN)CC1. The summed E-state index contributed by atoms with van der Waals surface area (Å²) in [5, 5.41) is 0. The van der Waals surface area contributed by atoms with E-state index in [1.165, 1.54) is 0 Å². The normalized spacial score (nSPS) is 16.9. The minimum Gasteiger partial charge on any atom is -0.342 e. The van der Waals surface area contributed by atoms with Crippen LogP contribution >= 0.6 is 11.8 Å². The third kappa shape index (κ3) is 4.53. The maximum absolute atomic E-state index is 11.8. The van der Waals surface area contributed by atoms with Crippen molar-refractivity contribution in [2.24, 2.45) is 17.5 Å². The number of hydrogen-bond donors (Lipinski definition) is 3. The average molecular weight is 260 g/mol. The van der Waals surface area contributed by atoms with Gasteiger partial charge in [-0.05, 0) is 12.8 Å². The zero-order valence-electron chi connectivity index (χ0n) is 9.85. The summed E-state index contributed by atoms with van der Waals surface area (Å²) in [6.07, 6.45) is 1.38. The molecule has 1 heterocycles. The fraction of sp³-hybridized carbons (Fsp3) is 0.800. The van der Waals surface area contributed by atoms with Gasteiger partial charge in [0.15, 0.2) is 0 Å². The number of nitrogens with one attached hydrogen (secondary N) is 1. The van der Waals surface area contributed by atoms with Crippen LogP contribution in [0.2, 0.25) is 0 Å². The quantitative estimate of drug-likeness (QED) is 0.252. The van der Waals surface area contributed by atoms with Gasteiger partial charge in [0, 0.05) is 31.3 Å². The first-order valence-corrected chi connectivity index (χ1v) is 6.90. The molecule has 0 aliphatic carbocycles. The van der Waals surface area contributed by atoms with Crippen LogP contribution in [0.5, 0.6) is 0 Å². The summed E-state index contributed by atoms with van der Waals surface area (Å²) < 4.78 is 0. The van der Waals surface area contributed by atoms with Gasteiger partial charge in [-0.3, -0.25) is 15.0 Å². The maximum Gasteiger partial charge on any atom is 0.237 e. The van der Waals surface area contributed by atoms with Gasteiger partial charge in [0.05, 0.1) is 5.75 Å². The van der Waals surface area contributed by atoms with Crippen molar-refractivity contribution in [2.45, 2.75) is 12.8 Å². The minimum atomic E-state index is -0.130. The number of carbonyl (C=O) groups is 2. The van der Waals surface area contributed by atoms with E-state index < -0.39 is 0 Å². The van der Waals surface area contributed by atoms with E-state index >= 15 is 0 Å². The second kappa shape index (κ2) is 7.52. The van der Waals surface area contributed by atoms with Gasteiger partial charge < -0.3 is 10.6 Å². The lowest BCUT2D eigenvalue weighted by atomic mass is 9.96. The molecule has 98 valence electrons. The lowest BCUT2D eigenvalue weighted by Crippen LogP contribution is -2.45. The molecule has 1 aliphatic heterocycles. The molecule has 0 saturated carbocycles. The van der Waals surface area contributed by atoms with Crippen molar-refractivity contribution >= 4 is 23.6 Å². The Morgan fingerprint density at radius 2 is 2.00 bits per heavy atom. The Bertz CT molecular complexity index is 267. The molecule has 6 nitrogen and oxygen atoms in total. The predicted molar refractivity (Wildman–Crippen MR) is 68.0 cm³/mol. The average Bonchev–Trinajstić information content (AvgIpc) is 2.38. The Labute approximate surface area is 105 Å². The van der Waals surface area contributed by atoms with Crippen molar-refractivity contribution in [3.05, 3.63) is 0 Å². The largest absolute Gasteiger partial charge is 0.342 e. The van der Waals surface area contributed by atoms with Gasteiger partial charge in [-0.1, -0.05) is 0 Å². The molecule has 0 aromatic heterocycles. The molecule has 5 N–H and O–H groups in total. The van der Waals surface area contributed by atoms with Crippen molar-refractivity contribution in [2.75, 3.05) is 31.1 Å². The van der Waals surface area contributed by atoms with Gasteiger partial charge in [-0.25, -0.2) is 5.84 Å². The molecule has 7 heteroatoms. The Balaban J connectivity index is 2.26. The number of thioether (sulfide) groups is 1. The smallest absolute Gasteiger partial charge is 0.237 e. The minimum absolute atomic E-state index is 0.0549. The zero-order valence-corrected chi connectivity index (χ0v) is 10.7. The molecule has 0 spiro atoms. The molecule has 17 heavy (non-hydrogen) atoms. The summed E-state index contributed by atoms with van der Waals surface area (Å²) in [6, 6.07) is 0. The highest BCUT2D eigenvalue weighted by molar-refractivity contribution is 7.99. The van der Waals surface area contributed by atoms with Crippen molar-refractivity contribution in [1.82, 2.24) is 10.3 Å². The molecular formula is C10H20N4O2S. The monoisotopic (exact) mass is 260 g/mol. The molecule has 0 bridgehead atoms. The van der Waals surface area contributed by atoms with E-state index in [0.717, 1.165) is 5.75 Å². The highest BCUT2D eigenvalue weighted by atomic mass is 32.2. The Hall–Kier alpha value is -0.790. The van der Waals surface area contributed by atoms with Gasteiger partial charge in [0.1, 0.15) is 0 Å². The number of amides is 2. The molecule has 2 amide bonds. The predicted octanol–water partition coefficient (Wildman–Crippen LogP) is -1.09. The van der Waals surface area contributed by atoms with E-state index in [9.17, 15) is 9.59 Å². The standard InChI is InChI=1S/C10H20N4O2S/c11-3-6-17-7-9(15)14-4-1-8(2-5-14)10(16)13-12/h8H,1-7,11-12H2,(H,13,16). The molecule has 1 saturated heterocycles. The number of piperidine rings is 1. The Morgan fingerprint density at radius 1 is 1.35 bits per heavy atom. The van der Waals surface area contributed by atoms with E-state index in [1.807, 2.05) is 4.90 Å². The second-order valence-corrected chi connectivity index (χ2v) is 5.11. The van der Waals surface area contributed by atoms with Crippen molar-refractivity contribution < 1.29 is 9.59 Å². The first kappa shape index (κ1) is 14.3. The molecule has 0 atom stereocenters. The number of carbonyl (C=O) groups excluding carboxylic acids is 2. The first-order chi connectivity index (χ1) is 8.19. The highest BCUT2D eigenvalue weighted by Crippen LogP contribution is 2.17. The number of likely N-dealkylation sites (tertiary alicyclic amines) is 1. The maximum atomic E-state index is 11.8. The Kier molecular flexibility index (Phi) is 6.31. The van der Waals surface area contributed by atoms with Gasteiger partial charge in [-0.15, -0.1) is 0 Å². The van der Waals surface area contributed by atoms with Crippen LogP contribution in [0.25, 0.3) is 0 Å². The number of hydrazine groups is 1. The number of rotatable bonds is 5. The van der Waals surface area contributed by atoms with Gasteiger partial charge in [0.25, 0.3) is 0 Å². The number of hydrogen-bond acceptors (Lipinski definition) is 5. The Morgan fingerprint density at radius 3 is 2.53 bits per heavy atom. The van der Waals surface area contributed by atoms with Gasteiger partial charge in [0.2, 0.25) is 11.8 Å². The third-order valence-corrected chi connectivity index (χ3v) is 3.82. The van der Waals surface area contributed by atoms with Crippen molar-refractivity contribution in [3.63, 3.8) is 0 Å². The fourth-order valence-corrected chi connectivity index (χ4v) is 2.51. The van der Waals surface area contributed by atoms with E-state index in [0.29, 0.717) is 38.2 Å². The summed E-state index contributed by atoms with van der Waals surface area (Å²) in [7, 11) is 0. The molecule has 0 unspecified atom stereocenters. The second-order valence-electron chi connectivity index (χ2n) is 4.00. The summed E-state index contributed by atoms with van der Waals surface area (Å²) in [4.78, 5) is 24.9. The van der Waals surface area contributed by atoms with Crippen LogP contribution in [-0.2, 0) is 9.59 Å². The van der Waals surface area contributed by atoms with E-state index in [1.54, 1.807) is 11.8 Å². The third-order valence-electron chi connectivity index (χ3n) is 2.85. The molecule has 0 aromatic rings. The summed E-state index contributed by atoms with van der Waals surface area (Å²) in [6.45, 7) is 1.87. The van der Waals surface area contributed by atoms with E-state index in [-0.39, 0.29) is 17.7 Å². The lowest BCUT2D eigenvalue weighted by Gasteiger charge is -2.31. The van der Waals surface area contributed by atoms with Crippen LogP contribution < -0.4 is 17.0 Å². The fourth-order valence-electron chi connectivity index (χ4n) is 1.84. The molecule has 0 radical (unpaired) electrons. The van der Waals surface area contributed by atoms with E-state index in [4.69, 9.17) is 11.6 Å². The van der Waals surface area contributed by atoms with Crippen molar-refractivity contribution in [3.8, 4) is 0 Å². The summed E-state index contributed by atoms with van der Waals surface area (Å²) >= 11 is 1.55. The topological polar surface area (TPSA) is 101 Å². The summed E-state index contributed by atoms with van der Waals surface area (Å²) in [5.74, 6) is 6.31. The molecule has 1 fully saturated rings. The molecule has 1 aliphatic rings. The van der Waals surface area contributed by atoms with Crippen LogP contribution in [0.4, 0.5) is 0 Å². The highest BCUT2D eigenvalue weighted by Gasteiger charge is 2.26. The summed E-state index contributed by atoms with van der Waals surface area (Å²) in [5.41, 5.74) is 7.52. The van der Waals surface area contributed by atoms with Crippen molar-refractivity contribution in [1.29, 1.82) is 0 Å². The molecular weight excluding hydrogens is 240 g/mol. The number of nitrogens with zero attached hydrogens (tertiary/aromatic N) is 1. The lowest BCUT2D eigenvalue weighted by molar-refractivity contribution is -0.133. The number of nitrogens with two attached hydrogens (primary N) is 2. The van der Waals surface area contributed by atoms with Crippen LogP contribution in [0.3, 0.4) is 0 Å². The van der Waals surface area contributed by atoms with Gasteiger partial charge in [-0.2, -0.15) is 11.8 Å². The van der Waals surface area contributed by atoms with E-state index in [2.05, 4.69) is 5.43 Å². The van der Waals surface area contributed by atoms with Crippen LogP contribution in [0, 0.1) is 5.92 Å².